The van der Waals surface area contributed by atoms with E-state index in [1.165, 1.54) is 0 Å². The minimum atomic E-state index is -0.952. The molecule has 0 saturated carbocycles. The second kappa shape index (κ2) is 2.77. The molecule has 0 saturated heterocycles. The summed E-state index contributed by atoms with van der Waals surface area (Å²) in [6, 6.07) is 1.93. The summed E-state index contributed by atoms with van der Waals surface area (Å²) in [6.45, 7) is 0.109. The number of hydrogen-bond donors (Lipinski definition) is 1. The average molecular weight is 184 g/mol. The van der Waals surface area contributed by atoms with Crippen LogP contribution in [0.4, 0.5) is 8.78 Å². The second-order valence-electron chi connectivity index (χ2n) is 2.55. The van der Waals surface area contributed by atoms with Crippen LogP contribution in [0.2, 0.25) is 0 Å². The zero-order chi connectivity index (χ0) is 9.42. The molecule has 1 aromatic carbocycles. The van der Waals surface area contributed by atoms with Crippen LogP contribution in [0.15, 0.2) is 16.5 Å². The summed E-state index contributed by atoms with van der Waals surface area (Å²) in [4.78, 5) is 3.83. The number of nitrogens with two attached hydrogens (primary N) is 1. The fourth-order valence-corrected chi connectivity index (χ4v) is 1.06. The van der Waals surface area contributed by atoms with Gasteiger partial charge in [0, 0.05) is 12.1 Å². The van der Waals surface area contributed by atoms with Crippen LogP contribution in [0.3, 0.4) is 0 Å². The van der Waals surface area contributed by atoms with Crippen molar-refractivity contribution in [1.29, 1.82) is 0 Å². The van der Waals surface area contributed by atoms with Crippen LogP contribution in [-0.2, 0) is 6.54 Å². The quantitative estimate of drug-likeness (QED) is 0.731. The first-order chi connectivity index (χ1) is 6.20. The van der Waals surface area contributed by atoms with Gasteiger partial charge in [-0.05, 0) is 0 Å². The van der Waals surface area contributed by atoms with Crippen molar-refractivity contribution in [3.63, 3.8) is 0 Å². The Morgan fingerprint density at radius 1 is 1.31 bits per heavy atom. The van der Waals surface area contributed by atoms with Gasteiger partial charge in [0.2, 0.25) is 5.89 Å². The molecule has 0 bridgehead atoms. The van der Waals surface area contributed by atoms with E-state index in [0.29, 0.717) is 0 Å². The molecule has 68 valence electrons. The third kappa shape index (κ3) is 1.27. The number of oxazole rings is 1. The zero-order valence-electron chi connectivity index (χ0n) is 6.55. The smallest absolute Gasteiger partial charge is 0.209 e. The van der Waals surface area contributed by atoms with Crippen molar-refractivity contribution >= 4 is 11.1 Å². The lowest BCUT2D eigenvalue weighted by Crippen LogP contribution is -1.94. The highest BCUT2D eigenvalue weighted by Crippen LogP contribution is 2.18. The van der Waals surface area contributed by atoms with E-state index >= 15 is 0 Å². The van der Waals surface area contributed by atoms with Gasteiger partial charge in [0.25, 0.3) is 0 Å². The van der Waals surface area contributed by atoms with E-state index in [-0.39, 0.29) is 23.5 Å². The summed E-state index contributed by atoms with van der Waals surface area (Å²) in [6.07, 6.45) is 0. The monoisotopic (exact) mass is 184 g/mol. The Hall–Kier alpha value is -1.49. The van der Waals surface area contributed by atoms with E-state index < -0.39 is 11.6 Å². The second-order valence-corrected chi connectivity index (χ2v) is 2.55. The van der Waals surface area contributed by atoms with Crippen LogP contribution in [-0.4, -0.2) is 4.98 Å². The molecule has 13 heavy (non-hydrogen) atoms. The van der Waals surface area contributed by atoms with Crippen molar-refractivity contribution in [2.75, 3.05) is 0 Å². The first-order valence-electron chi connectivity index (χ1n) is 3.65. The summed E-state index contributed by atoms with van der Waals surface area (Å²) >= 11 is 0. The summed E-state index contributed by atoms with van der Waals surface area (Å²) in [7, 11) is 0. The van der Waals surface area contributed by atoms with Crippen molar-refractivity contribution in [2.24, 2.45) is 5.73 Å². The number of halogens is 2. The molecule has 0 radical (unpaired) electrons. The number of fused-ring (bicyclic) bond motifs is 1. The maximum absolute atomic E-state index is 12.7. The van der Waals surface area contributed by atoms with Gasteiger partial charge < -0.3 is 10.2 Å². The van der Waals surface area contributed by atoms with Crippen molar-refractivity contribution in [2.45, 2.75) is 6.54 Å². The van der Waals surface area contributed by atoms with Crippen LogP contribution >= 0.6 is 0 Å². The lowest BCUT2D eigenvalue weighted by Gasteiger charge is -1.89. The van der Waals surface area contributed by atoms with E-state index in [1.54, 1.807) is 0 Å². The van der Waals surface area contributed by atoms with E-state index in [2.05, 4.69) is 4.98 Å². The molecule has 0 amide bonds. The van der Waals surface area contributed by atoms with Crippen molar-refractivity contribution in [1.82, 2.24) is 4.98 Å². The van der Waals surface area contributed by atoms with Crippen molar-refractivity contribution < 1.29 is 13.2 Å². The predicted molar refractivity (Wildman–Crippen MR) is 41.8 cm³/mol. The molecule has 0 atom stereocenters. The highest BCUT2D eigenvalue weighted by Gasteiger charge is 2.09. The molecule has 0 aliphatic carbocycles. The van der Waals surface area contributed by atoms with E-state index in [0.717, 1.165) is 12.1 Å². The van der Waals surface area contributed by atoms with Gasteiger partial charge in [-0.15, -0.1) is 0 Å². The lowest BCUT2D eigenvalue weighted by atomic mass is 10.3. The van der Waals surface area contributed by atoms with Gasteiger partial charge in [-0.1, -0.05) is 0 Å². The molecular formula is C8H6F2N2O. The fraction of sp³-hybridized carbons (Fsp3) is 0.125. The third-order valence-corrected chi connectivity index (χ3v) is 1.65. The zero-order valence-corrected chi connectivity index (χ0v) is 6.55. The minimum Gasteiger partial charge on any atom is -0.439 e. The fourth-order valence-electron chi connectivity index (χ4n) is 1.06. The Morgan fingerprint density at radius 3 is 2.69 bits per heavy atom. The summed E-state index contributed by atoms with van der Waals surface area (Å²) in [5, 5.41) is 0. The Morgan fingerprint density at radius 2 is 2.00 bits per heavy atom. The average Bonchev–Trinajstić information content (AvgIpc) is 2.48. The van der Waals surface area contributed by atoms with Crippen LogP contribution in [0.5, 0.6) is 0 Å². The molecule has 0 fully saturated rings. The molecule has 2 aromatic rings. The van der Waals surface area contributed by atoms with Crippen molar-refractivity contribution in [3.8, 4) is 0 Å². The largest absolute Gasteiger partial charge is 0.439 e. The lowest BCUT2D eigenvalue weighted by molar-refractivity contribution is 0.502. The van der Waals surface area contributed by atoms with E-state index in [1.807, 2.05) is 0 Å². The minimum absolute atomic E-state index is 0.109. The Kier molecular flexibility index (Phi) is 1.73. The van der Waals surface area contributed by atoms with Crippen LogP contribution in [0, 0.1) is 11.6 Å². The molecule has 0 aliphatic rings. The SMILES string of the molecule is NCc1nc2cc(F)c(F)cc2o1. The number of rotatable bonds is 1. The molecular weight excluding hydrogens is 178 g/mol. The van der Waals surface area contributed by atoms with Crippen LogP contribution in [0.25, 0.3) is 11.1 Å². The Labute approximate surface area is 72.2 Å². The molecule has 0 aliphatic heterocycles. The first kappa shape index (κ1) is 8.12. The third-order valence-electron chi connectivity index (χ3n) is 1.65. The van der Waals surface area contributed by atoms with Gasteiger partial charge >= 0.3 is 0 Å². The Balaban J connectivity index is 2.70. The highest BCUT2D eigenvalue weighted by atomic mass is 19.2. The maximum Gasteiger partial charge on any atom is 0.209 e. The summed E-state index contributed by atoms with van der Waals surface area (Å²) in [5.74, 6) is -1.63. The topological polar surface area (TPSA) is 52.0 Å². The number of nitrogens with zero attached hydrogens (tertiary/aromatic N) is 1. The van der Waals surface area contributed by atoms with Gasteiger partial charge in [0.05, 0.1) is 6.54 Å². The molecule has 2 rings (SSSR count). The maximum atomic E-state index is 12.7. The van der Waals surface area contributed by atoms with Gasteiger partial charge in [-0.3, -0.25) is 0 Å². The molecule has 5 heteroatoms. The molecule has 2 N–H and O–H groups in total. The van der Waals surface area contributed by atoms with Gasteiger partial charge in [-0.25, -0.2) is 13.8 Å². The van der Waals surface area contributed by atoms with Crippen LogP contribution < -0.4 is 5.73 Å². The van der Waals surface area contributed by atoms with Gasteiger partial charge in [0.1, 0.15) is 5.52 Å². The molecule has 0 spiro atoms. The molecule has 1 aromatic heterocycles. The Bertz CT molecular complexity index is 414. The van der Waals surface area contributed by atoms with Crippen molar-refractivity contribution in [3.05, 3.63) is 29.7 Å². The highest BCUT2D eigenvalue weighted by molar-refractivity contribution is 5.72. The molecule has 1 heterocycles. The predicted octanol–water partition coefficient (Wildman–Crippen LogP) is 1.56. The van der Waals surface area contributed by atoms with Gasteiger partial charge in [-0.2, -0.15) is 0 Å². The standard InChI is InChI=1S/C8H6F2N2O/c9-4-1-6-7(2-5(4)10)13-8(3-11)12-6/h1-2H,3,11H2. The summed E-state index contributed by atoms with van der Waals surface area (Å²) in [5.41, 5.74) is 5.73. The van der Waals surface area contributed by atoms with E-state index in [9.17, 15) is 8.78 Å². The molecule has 0 unspecified atom stereocenters. The normalized spacial score (nSPS) is 11.0. The van der Waals surface area contributed by atoms with Crippen LogP contribution in [0.1, 0.15) is 5.89 Å². The van der Waals surface area contributed by atoms with Gasteiger partial charge in [0.15, 0.2) is 17.2 Å². The molecule has 3 nitrogen and oxygen atoms in total. The number of hydrogen-bond acceptors (Lipinski definition) is 3. The first-order valence-corrected chi connectivity index (χ1v) is 3.65. The number of aromatic nitrogens is 1. The number of benzene rings is 1. The van der Waals surface area contributed by atoms with E-state index in [4.69, 9.17) is 10.2 Å². The summed E-state index contributed by atoms with van der Waals surface area (Å²) < 4.78 is 30.4.